The van der Waals surface area contributed by atoms with Gasteiger partial charge in [-0.2, -0.15) is 8.61 Å². The summed E-state index contributed by atoms with van der Waals surface area (Å²) in [6, 6.07) is 20.4. The van der Waals surface area contributed by atoms with Gasteiger partial charge in [0.2, 0.25) is 20.0 Å². The molecule has 0 aliphatic carbocycles. The third-order valence-electron chi connectivity index (χ3n) is 10.6. The molecule has 64 heavy (non-hydrogen) atoms. The summed E-state index contributed by atoms with van der Waals surface area (Å²) in [5.41, 5.74) is 6.53. The Bertz CT molecular complexity index is 2810. The summed E-state index contributed by atoms with van der Waals surface area (Å²) in [5, 5.41) is 6.58. The molecule has 0 spiro atoms. The van der Waals surface area contributed by atoms with Crippen molar-refractivity contribution in [3.8, 4) is 11.5 Å². The van der Waals surface area contributed by atoms with Gasteiger partial charge in [-0.05, 0) is 73.5 Å². The first-order chi connectivity index (χ1) is 30.5. The number of piperazine rings is 2. The van der Waals surface area contributed by atoms with Crippen molar-refractivity contribution in [2.24, 2.45) is 0 Å². The second-order valence-electron chi connectivity index (χ2n) is 15.2. The lowest BCUT2D eigenvalue weighted by molar-refractivity contribution is 0.373. The van der Waals surface area contributed by atoms with Crippen LogP contribution in [-0.2, 0) is 32.9 Å². The molecular weight excluding hydrogens is 962 g/mol. The molecule has 2 fully saturated rings. The molecule has 0 N–H and O–H groups in total. The number of nitrogens with zero attached hydrogens (tertiary/aromatic N) is 6. The second-order valence-corrected chi connectivity index (χ2v) is 22.0. The molecule has 2 saturated heterocycles. The van der Waals surface area contributed by atoms with Crippen molar-refractivity contribution < 1.29 is 30.7 Å². The Hall–Kier alpha value is -4.04. The van der Waals surface area contributed by atoms with Gasteiger partial charge in [0.25, 0.3) is 0 Å². The molecule has 2 aliphatic heterocycles. The third kappa shape index (κ3) is 11.3. The van der Waals surface area contributed by atoms with Crippen LogP contribution in [0.3, 0.4) is 0 Å². The minimum absolute atomic E-state index is 0.0652. The van der Waals surface area contributed by atoms with Crippen LogP contribution in [0.2, 0.25) is 15.1 Å². The summed E-state index contributed by atoms with van der Waals surface area (Å²) in [7, 11) is -4.55. The fraction of sp³-hybridized carbons (Fsp3) is 0.318. The Morgan fingerprint density at radius 3 is 1.45 bits per heavy atom. The molecule has 0 amide bonds. The Labute approximate surface area is 396 Å². The van der Waals surface area contributed by atoms with Crippen LogP contribution >= 0.6 is 57.5 Å². The minimum atomic E-state index is -3.74. The number of methoxy groups -OCH3 is 2. The number of hydrogen-bond donors (Lipinski definition) is 0. The van der Waals surface area contributed by atoms with Gasteiger partial charge in [0.05, 0.1) is 30.6 Å². The first-order valence-corrected chi connectivity index (χ1v) is 25.9. The minimum Gasteiger partial charge on any atom is -0.495 e. The highest BCUT2D eigenvalue weighted by atomic mass is 35.5. The zero-order valence-electron chi connectivity index (χ0n) is 35.4. The standard InChI is InChI=1S/C23H26ClN3O3S2.C21H20Cl2FN3O3S2/c1-16-10-17(2)12-18(11-16)13-20-15-31-23(25-20)26-6-8-27(9-7-26)32(28,29)22-14-19(24)4-5-21(22)30-3;1-30-19-5-3-15(22)12-20(19)32(28,29)27-8-6-26(7-9-27)21-25-16(13-31-21)10-14-2-4-18(24)17(23)11-14/h4-5,10-12,14-15H,6-9,13H2,1-3H3;2-5,11-13H,6-10H2,1H3. The number of sulfonamides is 2. The van der Waals surface area contributed by atoms with E-state index < -0.39 is 25.9 Å². The fourth-order valence-electron chi connectivity index (χ4n) is 7.51. The number of rotatable bonds is 12. The van der Waals surface area contributed by atoms with Crippen molar-refractivity contribution in [2.45, 2.75) is 36.5 Å². The van der Waals surface area contributed by atoms with Crippen LogP contribution in [-0.4, -0.2) is 102 Å². The molecular formula is C44H46Cl3FN6O6S4. The maximum atomic E-state index is 13.4. The molecule has 20 heteroatoms. The van der Waals surface area contributed by atoms with Crippen molar-refractivity contribution in [2.75, 3.05) is 76.4 Å². The van der Waals surface area contributed by atoms with Gasteiger partial charge in [-0.25, -0.2) is 31.2 Å². The summed E-state index contributed by atoms with van der Waals surface area (Å²) in [6.45, 7) is 7.80. The first kappa shape index (κ1) is 47.9. The Kier molecular flexibility index (Phi) is 15.5. The summed E-state index contributed by atoms with van der Waals surface area (Å²) < 4.78 is 79.4. The summed E-state index contributed by atoms with van der Waals surface area (Å²) in [4.78, 5) is 13.9. The van der Waals surface area contributed by atoms with Crippen LogP contribution in [0, 0.1) is 19.7 Å². The molecule has 4 aromatic carbocycles. The van der Waals surface area contributed by atoms with E-state index in [0.29, 0.717) is 74.6 Å². The van der Waals surface area contributed by atoms with Crippen LogP contribution in [0.15, 0.2) is 93.3 Å². The highest BCUT2D eigenvalue weighted by molar-refractivity contribution is 7.89. The Morgan fingerprint density at radius 1 is 0.594 bits per heavy atom. The van der Waals surface area contributed by atoms with Crippen molar-refractivity contribution in [3.05, 3.63) is 138 Å². The van der Waals surface area contributed by atoms with E-state index in [0.717, 1.165) is 33.6 Å². The van der Waals surface area contributed by atoms with Gasteiger partial charge in [-0.1, -0.05) is 70.2 Å². The van der Waals surface area contributed by atoms with E-state index in [2.05, 4.69) is 52.2 Å². The number of benzene rings is 4. The lowest BCUT2D eigenvalue weighted by Gasteiger charge is -2.34. The van der Waals surface area contributed by atoms with E-state index in [-0.39, 0.29) is 20.6 Å². The highest BCUT2D eigenvalue weighted by Crippen LogP contribution is 2.33. The van der Waals surface area contributed by atoms with Crippen molar-refractivity contribution in [1.82, 2.24) is 18.6 Å². The topological polar surface area (TPSA) is 125 Å². The maximum absolute atomic E-state index is 13.4. The van der Waals surface area contributed by atoms with Gasteiger partial charge in [-0.3, -0.25) is 0 Å². The van der Waals surface area contributed by atoms with Crippen molar-refractivity contribution in [1.29, 1.82) is 0 Å². The second kappa shape index (κ2) is 20.6. The number of thiazole rings is 2. The number of aryl methyl sites for hydroxylation is 2. The van der Waals surface area contributed by atoms with E-state index >= 15 is 0 Å². The van der Waals surface area contributed by atoms with Crippen LogP contribution in [0.4, 0.5) is 14.7 Å². The lowest BCUT2D eigenvalue weighted by Crippen LogP contribution is -2.48. The quantitative estimate of drug-likeness (QED) is 0.117. The fourth-order valence-corrected chi connectivity index (χ4v) is 13.1. The van der Waals surface area contributed by atoms with E-state index in [4.69, 9.17) is 49.3 Å². The molecule has 0 atom stereocenters. The SMILES string of the molecule is COc1ccc(Cl)cc1S(=O)(=O)N1CCN(c2nc(Cc3cc(C)cc(C)c3)cs2)CC1.COc1ccc(Cl)cc1S(=O)(=O)N1CCN(c2nc(Cc3ccc(F)c(Cl)c3)cs2)CC1. The summed E-state index contributed by atoms with van der Waals surface area (Å²) in [6.07, 6.45) is 1.33. The number of hydrogen-bond acceptors (Lipinski definition) is 12. The Morgan fingerprint density at radius 2 is 1.03 bits per heavy atom. The Balaban J connectivity index is 0.000000191. The van der Waals surface area contributed by atoms with Crippen molar-refractivity contribution in [3.63, 3.8) is 0 Å². The zero-order chi connectivity index (χ0) is 45.8. The molecule has 0 bridgehead atoms. The van der Waals surface area contributed by atoms with Crippen LogP contribution in [0.1, 0.15) is 33.6 Å². The first-order valence-electron chi connectivity index (χ1n) is 20.1. The van der Waals surface area contributed by atoms with Gasteiger partial charge in [0.1, 0.15) is 27.1 Å². The number of anilines is 2. The van der Waals surface area contributed by atoms with Gasteiger partial charge < -0.3 is 19.3 Å². The van der Waals surface area contributed by atoms with E-state index in [1.807, 2.05) is 5.38 Å². The van der Waals surface area contributed by atoms with Gasteiger partial charge in [-0.15, -0.1) is 22.7 Å². The molecule has 340 valence electrons. The van der Waals surface area contributed by atoms with Gasteiger partial charge in [0.15, 0.2) is 10.3 Å². The molecule has 2 aliphatic rings. The predicted octanol–water partition coefficient (Wildman–Crippen LogP) is 9.22. The predicted molar refractivity (Wildman–Crippen MR) is 255 cm³/mol. The zero-order valence-corrected chi connectivity index (χ0v) is 41.0. The smallest absolute Gasteiger partial charge is 0.246 e. The van der Waals surface area contributed by atoms with E-state index in [1.54, 1.807) is 47.7 Å². The average molecular weight is 1010 g/mol. The van der Waals surface area contributed by atoms with Crippen molar-refractivity contribution >= 4 is 87.8 Å². The third-order valence-corrected chi connectivity index (χ3v) is 17.1. The van der Waals surface area contributed by atoms with Gasteiger partial charge in [0, 0.05) is 86.0 Å². The molecule has 0 saturated carbocycles. The number of ether oxygens (including phenoxy) is 2. The normalized spacial score (nSPS) is 15.2. The molecule has 6 aromatic rings. The van der Waals surface area contributed by atoms with E-state index in [1.165, 1.54) is 69.1 Å². The van der Waals surface area contributed by atoms with Crippen LogP contribution < -0.4 is 19.3 Å². The molecule has 2 aromatic heterocycles. The molecule has 12 nitrogen and oxygen atoms in total. The molecule has 4 heterocycles. The largest absolute Gasteiger partial charge is 0.495 e. The number of halogens is 4. The maximum Gasteiger partial charge on any atom is 0.246 e. The van der Waals surface area contributed by atoms with Crippen LogP contribution in [0.5, 0.6) is 11.5 Å². The number of aromatic nitrogens is 2. The van der Waals surface area contributed by atoms with Gasteiger partial charge >= 0.3 is 0 Å². The molecule has 0 radical (unpaired) electrons. The summed E-state index contributed by atoms with van der Waals surface area (Å²) >= 11 is 21.0. The molecule has 8 rings (SSSR count). The monoisotopic (exact) mass is 1010 g/mol. The highest BCUT2D eigenvalue weighted by Gasteiger charge is 2.33. The lowest BCUT2D eigenvalue weighted by atomic mass is 10.0. The van der Waals surface area contributed by atoms with Crippen LogP contribution in [0.25, 0.3) is 0 Å². The molecule has 0 unspecified atom stereocenters. The van der Waals surface area contributed by atoms with E-state index in [9.17, 15) is 21.2 Å². The average Bonchev–Trinajstić information content (AvgIpc) is 3.95. The summed E-state index contributed by atoms with van der Waals surface area (Å²) in [5.74, 6) is 0.118.